The van der Waals surface area contributed by atoms with Crippen LogP contribution in [0.4, 0.5) is 17.6 Å². The zero-order valence-corrected chi connectivity index (χ0v) is 16.1. The van der Waals surface area contributed by atoms with E-state index in [9.17, 15) is 17.6 Å². The van der Waals surface area contributed by atoms with Crippen LogP contribution in [-0.4, -0.2) is 6.18 Å². The summed E-state index contributed by atoms with van der Waals surface area (Å²) in [4.78, 5) is 0. The lowest BCUT2D eigenvalue weighted by Gasteiger charge is -2.08. The summed E-state index contributed by atoms with van der Waals surface area (Å²) in [5.74, 6) is -0.685. The first-order valence-electron chi connectivity index (χ1n) is 9.61. The van der Waals surface area contributed by atoms with E-state index in [1.165, 1.54) is 30.5 Å². The number of hydrogen-bond donors (Lipinski definition) is 0. The molecule has 0 bridgehead atoms. The molecule has 150 valence electrons. The van der Waals surface area contributed by atoms with E-state index in [2.05, 4.69) is 31.2 Å². The van der Waals surface area contributed by atoms with Crippen molar-refractivity contribution in [3.05, 3.63) is 89.8 Å². The third-order valence-corrected chi connectivity index (χ3v) is 4.78. The van der Waals surface area contributed by atoms with E-state index in [0.717, 1.165) is 29.2 Å². The van der Waals surface area contributed by atoms with Crippen LogP contribution in [0.3, 0.4) is 0 Å². The molecule has 0 heterocycles. The molecule has 0 aromatic heterocycles. The fourth-order valence-electron chi connectivity index (χ4n) is 3.13. The first kappa shape index (κ1) is 20.8. The maximum Gasteiger partial charge on any atom is 0.409 e. The molecule has 0 atom stereocenters. The van der Waals surface area contributed by atoms with Crippen LogP contribution in [0.1, 0.15) is 30.9 Å². The molecule has 0 N–H and O–H groups in total. The van der Waals surface area contributed by atoms with Crippen LogP contribution in [-0.2, 0) is 6.42 Å². The van der Waals surface area contributed by atoms with Crippen LogP contribution < -0.4 is 0 Å². The summed E-state index contributed by atoms with van der Waals surface area (Å²) in [6.07, 6.45) is -0.261. The molecule has 0 fully saturated rings. The molecular formula is C25H22F4. The Morgan fingerprint density at radius 3 is 1.79 bits per heavy atom. The lowest BCUT2D eigenvalue weighted by Crippen LogP contribution is -2.00. The van der Waals surface area contributed by atoms with E-state index in [0.29, 0.717) is 5.56 Å². The molecule has 29 heavy (non-hydrogen) atoms. The number of aryl methyl sites for hydroxylation is 1. The number of hydrogen-bond acceptors (Lipinski definition) is 0. The van der Waals surface area contributed by atoms with Gasteiger partial charge in [0.15, 0.2) is 0 Å². The molecule has 0 saturated carbocycles. The zero-order chi connectivity index (χ0) is 20.9. The molecule has 3 aromatic rings. The van der Waals surface area contributed by atoms with E-state index in [1.807, 2.05) is 24.3 Å². The van der Waals surface area contributed by atoms with Crippen LogP contribution in [0.25, 0.3) is 28.3 Å². The third-order valence-electron chi connectivity index (χ3n) is 4.78. The predicted molar refractivity (Wildman–Crippen MR) is 111 cm³/mol. The Kier molecular flexibility index (Phi) is 6.53. The molecule has 0 nitrogen and oxygen atoms in total. The highest BCUT2D eigenvalue weighted by molar-refractivity contribution is 5.71. The Hall–Kier alpha value is -2.88. The van der Waals surface area contributed by atoms with Gasteiger partial charge in [0.25, 0.3) is 0 Å². The van der Waals surface area contributed by atoms with Crippen molar-refractivity contribution in [1.29, 1.82) is 0 Å². The molecule has 0 radical (unpaired) electrons. The topological polar surface area (TPSA) is 0 Å². The minimum absolute atomic E-state index is 0.0351. The minimum Gasteiger partial charge on any atom is -0.206 e. The molecular weight excluding hydrogens is 376 g/mol. The molecule has 3 aromatic carbocycles. The van der Waals surface area contributed by atoms with Gasteiger partial charge in [-0.1, -0.05) is 74.0 Å². The van der Waals surface area contributed by atoms with Crippen LogP contribution in [0.2, 0.25) is 0 Å². The SMILES string of the molecule is CCCCc1ccc(-c2ccc(-c3ccc(/C=C/C(F)(F)F)c(F)c3)cc2)cc1. The van der Waals surface area contributed by atoms with Crippen molar-refractivity contribution in [3.63, 3.8) is 0 Å². The second kappa shape index (κ2) is 9.08. The van der Waals surface area contributed by atoms with Gasteiger partial charge in [-0.15, -0.1) is 0 Å². The largest absolute Gasteiger partial charge is 0.409 e. The van der Waals surface area contributed by atoms with Gasteiger partial charge in [0, 0.05) is 11.6 Å². The highest BCUT2D eigenvalue weighted by Gasteiger charge is 2.22. The first-order chi connectivity index (χ1) is 13.9. The Morgan fingerprint density at radius 1 is 0.759 bits per heavy atom. The molecule has 0 saturated heterocycles. The summed E-state index contributed by atoms with van der Waals surface area (Å²) in [5.41, 5.74) is 4.82. The molecule has 4 heteroatoms. The molecule has 0 aliphatic heterocycles. The van der Waals surface area contributed by atoms with Gasteiger partial charge in [-0.25, -0.2) is 4.39 Å². The lowest BCUT2D eigenvalue weighted by molar-refractivity contribution is -0.0790. The second-order valence-electron chi connectivity index (χ2n) is 6.99. The van der Waals surface area contributed by atoms with Gasteiger partial charge >= 0.3 is 6.18 Å². The summed E-state index contributed by atoms with van der Waals surface area (Å²) < 4.78 is 51.0. The van der Waals surface area contributed by atoms with Crippen molar-refractivity contribution in [3.8, 4) is 22.3 Å². The summed E-state index contributed by atoms with van der Waals surface area (Å²) >= 11 is 0. The fourth-order valence-corrected chi connectivity index (χ4v) is 3.13. The number of alkyl halides is 3. The number of allylic oxidation sites excluding steroid dienone is 1. The van der Waals surface area contributed by atoms with Gasteiger partial charge in [-0.05, 0) is 52.8 Å². The van der Waals surface area contributed by atoms with Crippen molar-refractivity contribution in [2.75, 3.05) is 0 Å². The standard InChI is InChI=1S/C25H22F4/c1-2-3-4-18-5-7-19(8-6-18)20-9-11-21(12-10-20)23-14-13-22(24(26)17-23)15-16-25(27,28)29/h5-17H,2-4H2,1H3/b16-15+. The van der Waals surface area contributed by atoms with Crippen molar-refractivity contribution in [2.45, 2.75) is 32.4 Å². The van der Waals surface area contributed by atoms with Crippen LogP contribution in [0.5, 0.6) is 0 Å². The second-order valence-corrected chi connectivity index (χ2v) is 6.99. The average molecular weight is 398 g/mol. The Labute approximate surface area is 168 Å². The number of halogens is 4. The maximum atomic E-state index is 14.2. The normalized spacial score (nSPS) is 11.9. The number of unbranched alkanes of at least 4 members (excludes halogenated alkanes) is 1. The first-order valence-corrected chi connectivity index (χ1v) is 9.61. The van der Waals surface area contributed by atoms with Crippen molar-refractivity contribution >= 4 is 6.08 Å². The van der Waals surface area contributed by atoms with Crippen molar-refractivity contribution in [1.82, 2.24) is 0 Å². The predicted octanol–water partition coefficient (Wildman–Crippen LogP) is 8.08. The lowest BCUT2D eigenvalue weighted by atomic mass is 9.98. The molecule has 3 rings (SSSR count). The molecule has 0 spiro atoms. The van der Waals surface area contributed by atoms with E-state index in [-0.39, 0.29) is 11.6 Å². The van der Waals surface area contributed by atoms with Gasteiger partial charge in [-0.3, -0.25) is 0 Å². The summed E-state index contributed by atoms with van der Waals surface area (Å²) in [6, 6.07) is 20.4. The monoisotopic (exact) mass is 398 g/mol. The van der Waals surface area contributed by atoms with E-state index in [4.69, 9.17) is 0 Å². The molecule has 0 unspecified atom stereocenters. The Morgan fingerprint density at radius 2 is 1.28 bits per heavy atom. The summed E-state index contributed by atoms with van der Waals surface area (Å²) in [7, 11) is 0. The number of rotatable bonds is 6. The summed E-state index contributed by atoms with van der Waals surface area (Å²) in [6.45, 7) is 2.18. The van der Waals surface area contributed by atoms with Crippen LogP contribution in [0.15, 0.2) is 72.8 Å². The summed E-state index contributed by atoms with van der Waals surface area (Å²) in [5, 5.41) is 0. The highest BCUT2D eigenvalue weighted by Crippen LogP contribution is 2.27. The molecule has 0 aliphatic carbocycles. The average Bonchev–Trinajstić information content (AvgIpc) is 2.71. The van der Waals surface area contributed by atoms with Gasteiger partial charge < -0.3 is 0 Å². The smallest absolute Gasteiger partial charge is 0.206 e. The maximum absolute atomic E-state index is 14.2. The van der Waals surface area contributed by atoms with Gasteiger partial charge in [-0.2, -0.15) is 13.2 Å². The van der Waals surface area contributed by atoms with Gasteiger partial charge in [0.1, 0.15) is 5.82 Å². The van der Waals surface area contributed by atoms with Crippen molar-refractivity contribution in [2.24, 2.45) is 0 Å². The van der Waals surface area contributed by atoms with Gasteiger partial charge in [0.05, 0.1) is 0 Å². The molecule has 0 aliphatic rings. The molecule has 0 amide bonds. The van der Waals surface area contributed by atoms with E-state index < -0.39 is 12.0 Å². The van der Waals surface area contributed by atoms with Crippen molar-refractivity contribution < 1.29 is 17.6 Å². The van der Waals surface area contributed by atoms with E-state index >= 15 is 0 Å². The van der Waals surface area contributed by atoms with Crippen LogP contribution >= 0.6 is 0 Å². The Bertz CT molecular complexity index is 965. The quantitative estimate of drug-likeness (QED) is 0.368. The van der Waals surface area contributed by atoms with Gasteiger partial charge in [0.2, 0.25) is 0 Å². The highest BCUT2D eigenvalue weighted by atomic mass is 19.4. The Balaban J connectivity index is 1.76. The minimum atomic E-state index is -4.46. The third kappa shape index (κ3) is 5.80. The number of benzene rings is 3. The zero-order valence-electron chi connectivity index (χ0n) is 16.1. The fraction of sp³-hybridized carbons (Fsp3) is 0.200. The van der Waals surface area contributed by atoms with E-state index in [1.54, 1.807) is 6.07 Å². The van der Waals surface area contributed by atoms with Crippen LogP contribution in [0, 0.1) is 5.82 Å².